The summed E-state index contributed by atoms with van der Waals surface area (Å²) in [6, 6.07) is 1.98. The van der Waals surface area contributed by atoms with Crippen LogP contribution in [-0.4, -0.2) is 36.5 Å². The first kappa shape index (κ1) is 14.7. The van der Waals surface area contributed by atoms with Gasteiger partial charge in [-0.2, -0.15) is 0 Å². The van der Waals surface area contributed by atoms with Gasteiger partial charge < -0.3 is 19.9 Å². The molecule has 0 spiro atoms. The van der Waals surface area contributed by atoms with Crippen LogP contribution in [0.5, 0.6) is 11.5 Å². The van der Waals surface area contributed by atoms with Gasteiger partial charge in [-0.05, 0) is 20.3 Å². The van der Waals surface area contributed by atoms with E-state index >= 15 is 0 Å². The van der Waals surface area contributed by atoms with Gasteiger partial charge in [0, 0.05) is 24.8 Å². The van der Waals surface area contributed by atoms with E-state index in [0.29, 0.717) is 24.5 Å². The van der Waals surface area contributed by atoms with Crippen molar-refractivity contribution in [2.75, 3.05) is 14.2 Å². The minimum atomic E-state index is -0.312. The summed E-state index contributed by atoms with van der Waals surface area (Å²) >= 11 is 0. The number of rotatable bonds is 7. The number of aromatic nitrogens is 1. The number of nitrogens with one attached hydrogen (secondary N) is 1. The second-order valence-electron chi connectivity index (χ2n) is 4.36. The van der Waals surface area contributed by atoms with Crippen LogP contribution in [0.4, 0.5) is 0 Å². The van der Waals surface area contributed by atoms with Crippen molar-refractivity contribution >= 4 is 0 Å². The number of methoxy groups -OCH3 is 2. The molecule has 0 aliphatic heterocycles. The first-order valence-electron chi connectivity index (χ1n) is 6.05. The zero-order valence-corrected chi connectivity index (χ0v) is 11.4. The van der Waals surface area contributed by atoms with Crippen LogP contribution in [0.15, 0.2) is 12.3 Å². The van der Waals surface area contributed by atoms with Gasteiger partial charge in [0.05, 0.1) is 26.0 Å². The Kier molecular flexibility index (Phi) is 5.88. The number of nitrogens with zero attached hydrogens (tertiary/aromatic N) is 1. The highest BCUT2D eigenvalue weighted by Crippen LogP contribution is 2.28. The lowest BCUT2D eigenvalue weighted by Crippen LogP contribution is -2.29. The summed E-state index contributed by atoms with van der Waals surface area (Å²) in [5.74, 6) is 1.32. The predicted octanol–water partition coefficient (Wildman–Crippen LogP) is 1.35. The average molecular weight is 254 g/mol. The SMILES string of the molecule is COc1ccnc(CNC(C)CC(C)O)c1OC. The Labute approximate surface area is 108 Å². The van der Waals surface area contributed by atoms with E-state index in [0.717, 1.165) is 5.69 Å². The van der Waals surface area contributed by atoms with Gasteiger partial charge in [0.1, 0.15) is 0 Å². The minimum absolute atomic E-state index is 0.211. The van der Waals surface area contributed by atoms with Gasteiger partial charge in [0.15, 0.2) is 11.5 Å². The minimum Gasteiger partial charge on any atom is -0.493 e. The molecular formula is C13H22N2O3. The lowest BCUT2D eigenvalue weighted by Gasteiger charge is -2.17. The Balaban J connectivity index is 2.67. The van der Waals surface area contributed by atoms with E-state index in [1.807, 2.05) is 6.92 Å². The van der Waals surface area contributed by atoms with Crippen LogP contribution in [0.25, 0.3) is 0 Å². The average Bonchev–Trinajstić information content (AvgIpc) is 2.34. The van der Waals surface area contributed by atoms with Gasteiger partial charge in [0.25, 0.3) is 0 Å². The van der Waals surface area contributed by atoms with Crippen LogP contribution in [0.2, 0.25) is 0 Å². The highest BCUT2D eigenvalue weighted by Gasteiger charge is 2.12. The molecule has 0 saturated heterocycles. The maximum Gasteiger partial charge on any atom is 0.183 e. The van der Waals surface area contributed by atoms with Gasteiger partial charge in [-0.15, -0.1) is 0 Å². The summed E-state index contributed by atoms with van der Waals surface area (Å²) in [5.41, 5.74) is 0.800. The molecule has 1 aromatic heterocycles. The summed E-state index contributed by atoms with van der Waals surface area (Å²) in [5, 5.41) is 12.6. The third-order valence-electron chi connectivity index (χ3n) is 2.68. The molecule has 0 amide bonds. The largest absolute Gasteiger partial charge is 0.493 e. The van der Waals surface area contributed by atoms with Gasteiger partial charge in [0.2, 0.25) is 0 Å². The zero-order valence-electron chi connectivity index (χ0n) is 11.4. The highest BCUT2D eigenvalue weighted by molar-refractivity contribution is 5.42. The van der Waals surface area contributed by atoms with Gasteiger partial charge in [-0.1, -0.05) is 0 Å². The molecule has 2 atom stereocenters. The second kappa shape index (κ2) is 7.18. The molecule has 2 N–H and O–H groups in total. The molecular weight excluding hydrogens is 232 g/mol. The first-order valence-corrected chi connectivity index (χ1v) is 6.05. The molecule has 102 valence electrons. The number of aliphatic hydroxyl groups is 1. The maximum absolute atomic E-state index is 9.30. The molecule has 0 radical (unpaired) electrons. The smallest absolute Gasteiger partial charge is 0.183 e. The van der Waals surface area contributed by atoms with Crippen molar-refractivity contribution in [2.45, 2.75) is 39.0 Å². The van der Waals surface area contributed by atoms with Crippen LogP contribution < -0.4 is 14.8 Å². The van der Waals surface area contributed by atoms with Crippen molar-refractivity contribution in [3.8, 4) is 11.5 Å². The molecule has 0 aromatic carbocycles. The molecule has 5 nitrogen and oxygen atoms in total. The van der Waals surface area contributed by atoms with Crippen LogP contribution in [0.3, 0.4) is 0 Å². The van der Waals surface area contributed by atoms with E-state index in [9.17, 15) is 5.11 Å². The third kappa shape index (κ3) is 4.16. The molecule has 1 heterocycles. The number of ether oxygens (including phenoxy) is 2. The number of pyridine rings is 1. The van der Waals surface area contributed by atoms with Crippen molar-refractivity contribution in [2.24, 2.45) is 0 Å². The van der Waals surface area contributed by atoms with Crippen LogP contribution in [-0.2, 0) is 6.54 Å². The molecule has 18 heavy (non-hydrogen) atoms. The zero-order chi connectivity index (χ0) is 13.5. The lowest BCUT2D eigenvalue weighted by molar-refractivity contribution is 0.170. The van der Waals surface area contributed by atoms with E-state index in [1.165, 1.54) is 0 Å². The summed E-state index contributed by atoms with van der Waals surface area (Å²) in [6.07, 6.45) is 2.08. The van der Waals surface area contributed by atoms with E-state index in [1.54, 1.807) is 33.4 Å². The molecule has 5 heteroatoms. The van der Waals surface area contributed by atoms with Crippen molar-refractivity contribution in [3.05, 3.63) is 18.0 Å². The van der Waals surface area contributed by atoms with Crippen molar-refractivity contribution in [3.63, 3.8) is 0 Å². The van der Waals surface area contributed by atoms with E-state index in [-0.39, 0.29) is 12.1 Å². The Morgan fingerprint density at radius 3 is 2.61 bits per heavy atom. The fourth-order valence-electron chi connectivity index (χ4n) is 1.84. The summed E-state index contributed by atoms with van der Waals surface area (Å²) in [7, 11) is 3.20. The lowest BCUT2D eigenvalue weighted by atomic mass is 10.1. The third-order valence-corrected chi connectivity index (χ3v) is 2.68. The monoisotopic (exact) mass is 254 g/mol. The molecule has 0 aliphatic rings. The van der Waals surface area contributed by atoms with E-state index in [2.05, 4.69) is 10.3 Å². The Morgan fingerprint density at radius 2 is 2.06 bits per heavy atom. The second-order valence-corrected chi connectivity index (χ2v) is 4.36. The first-order chi connectivity index (χ1) is 8.58. The Bertz CT molecular complexity index is 369. The van der Waals surface area contributed by atoms with Crippen LogP contribution in [0, 0.1) is 0 Å². The van der Waals surface area contributed by atoms with E-state index in [4.69, 9.17) is 9.47 Å². The number of aliphatic hydroxyl groups excluding tert-OH is 1. The van der Waals surface area contributed by atoms with E-state index < -0.39 is 0 Å². The molecule has 0 aliphatic carbocycles. The maximum atomic E-state index is 9.30. The molecule has 0 bridgehead atoms. The Hall–Kier alpha value is -1.33. The van der Waals surface area contributed by atoms with Gasteiger partial charge >= 0.3 is 0 Å². The quantitative estimate of drug-likeness (QED) is 0.769. The van der Waals surface area contributed by atoms with Gasteiger partial charge in [-0.3, -0.25) is 4.98 Å². The highest BCUT2D eigenvalue weighted by atomic mass is 16.5. The molecule has 0 saturated carbocycles. The fourth-order valence-corrected chi connectivity index (χ4v) is 1.84. The van der Waals surface area contributed by atoms with Crippen molar-refractivity contribution in [1.82, 2.24) is 10.3 Å². The summed E-state index contributed by atoms with van der Waals surface area (Å²) < 4.78 is 10.5. The predicted molar refractivity (Wildman–Crippen MR) is 69.9 cm³/mol. The standard InChI is InChI=1S/C13H22N2O3/c1-9(7-10(2)16)15-8-11-13(18-4)12(17-3)5-6-14-11/h5-6,9-10,15-16H,7-8H2,1-4H3. The molecule has 0 fully saturated rings. The molecule has 1 aromatic rings. The normalized spacial score (nSPS) is 14.1. The number of hydrogen-bond donors (Lipinski definition) is 2. The molecule has 1 rings (SSSR count). The Morgan fingerprint density at radius 1 is 1.33 bits per heavy atom. The van der Waals surface area contributed by atoms with Crippen molar-refractivity contribution < 1.29 is 14.6 Å². The molecule has 2 unspecified atom stereocenters. The fraction of sp³-hybridized carbons (Fsp3) is 0.615. The van der Waals surface area contributed by atoms with Crippen molar-refractivity contribution in [1.29, 1.82) is 0 Å². The van der Waals surface area contributed by atoms with Crippen LogP contribution in [0.1, 0.15) is 26.0 Å². The topological polar surface area (TPSA) is 63.6 Å². The van der Waals surface area contributed by atoms with Crippen LogP contribution >= 0.6 is 0 Å². The summed E-state index contributed by atoms with van der Waals surface area (Å²) in [6.45, 7) is 4.39. The summed E-state index contributed by atoms with van der Waals surface area (Å²) in [4.78, 5) is 4.28. The van der Waals surface area contributed by atoms with Gasteiger partial charge in [-0.25, -0.2) is 0 Å². The number of hydrogen-bond acceptors (Lipinski definition) is 5.